The molecule has 0 spiro atoms. The highest BCUT2D eigenvalue weighted by Crippen LogP contribution is 2.30. The summed E-state index contributed by atoms with van der Waals surface area (Å²) in [5, 5.41) is 14.1. The highest BCUT2D eigenvalue weighted by Gasteiger charge is 2.37. The van der Waals surface area contributed by atoms with Gasteiger partial charge in [-0.3, -0.25) is 0 Å². The van der Waals surface area contributed by atoms with Crippen molar-refractivity contribution in [1.82, 2.24) is 19.8 Å². The largest absolute Gasteiger partial charge is 0.379 e. The van der Waals surface area contributed by atoms with Gasteiger partial charge in [0.1, 0.15) is 5.65 Å². The first kappa shape index (κ1) is 18.6. The third-order valence-corrected chi connectivity index (χ3v) is 6.38. The van der Waals surface area contributed by atoms with Gasteiger partial charge in [-0.2, -0.15) is 5.26 Å². The molecule has 7 heteroatoms. The average molecular weight is 380 g/mol. The second-order valence-electron chi connectivity index (χ2n) is 8.42. The molecule has 0 aromatic carbocycles. The van der Waals surface area contributed by atoms with E-state index in [4.69, 9.17) is 0 Å². The Bertz CT molecular complexity index is 915. The lowest BCUT2D eigenvalue weighted by molar-refractivity contribution is 0.136. The first-order chi connectivity index (χ1) is 13.5. The fraction of sp³-hybridized carbons (Fsp3) is 0.571. The van der Waals surface area contributed by atoms with E-state index in [-0.39, 0.29) is 23.9 Å². The zero-order valence-corrected chi connectivity index (χ0v) is 16.8. The molecule has 2 unspecified atom stereocenters. The Morgan fingerprint density at radius 3 is 2.86 bits per heavy atom. The van der Waals surface area contributed by atoms with Crippen LogP contribution in [0.4, 0.5) is 10.5 Å². The van der Waals surface area contributed by atoms with Crippen molar-refractivity contribution in [3.05, 3.63) is 24.0 Å². The maximum atomic E-state index is 13.0. The maximum Gasteiger partial charge on any atom is 0.320 e. The number of aromatic nitrogens is 2. The number of piperidine rings is 1. The second kappa shape index (κ2) is 7.34. The fourth-order valence-electron chi connectivity index (χ4n) is 4.41. The normalized spacial score (nSPS) is 27.8. The van der Waals surface area contributed by atoms with Crippen molar-refractivity contribution in [3.63, 3.8) is 0 Å². The summed E-state index contributed by atoms with van der Waals surface area (Å²) in [4.78, 5) is 24.5. The van der Waals surface area contributed by atoms with E-state index in [1.54, 1.807) is 0 Å². The molecular weight excluding hydrogens is 352 g/mol. The van der Waals surface area contributed by atoms with Gasteiger partial charge in [-0.25, -0.2) is 9.78 Å². The van der Waals surface area contributed by atoms with Crippen LogP contribution in [-0.4, -0.2) is 58.0 Å². The van der Waals surface area contributed by atoms with Crippen molar-refractivity contribution in [2.45, 2.75) is 33.2 Å². The number of amides is 2. The quantitative estimate of drug-likeness (QED) is 0.837. The van der Waals surface area contributed by atoms with Crippen LogP contribution in [0.25, 0.3) is 11.0 Å². The average Bonchev–Trinajstić information content (AvgIpc) is 3.31. The number of rotatable bonds is 2. The summed E-state index contributed by atoms with van der Waals surface area (Å²) in [6, 6.07) is 4.64. The molecule has 0 aliphatic carbocycles. The number of nitrogens with one attached hydrogen (secondary N) is 2. The highest BCUT2D eigenvalue weighted by molar-refractivity contribution is 5.91. The number of urea groups is 1. The van der Waals surface area contributed by atoms with Gasteiger partial charge in [0.05, 0.1) is 12.0 Å². The van der Waals surface area contributed by atoms with Crippen LogP contribution in [0.3, 0.4) is 0 Å². The van der Waals surface area contributed by atoms with Crippen LogP contribution in [0.1, 0.15) is 25.8 Å². The van der Waals surface area contributed by atoms with Gasteiger partial charge in [-0.05, 0) is 36.8 Å². The van der Waals surface area contributed by atoms with Crippen molar-refractivity contribution in [2.24, 2.45) is 17.8 Å². The van der Waals surface area contributed by atoms with Gasteiger partial charge in [0.2, 0.25) is 0 Å². The number of hydrogen-bond acceptors (Lipinski definition) is 4. The van der Waals surface area contributed by atoms with Crippen LogP contribution in [0.2, 0.25) is 0 Å². The molecule has 0 bridgehead atoms. The van der Waals surface area contributed by atoms with Gasteiger partial charge in [0.25, 0.3) is 0 Å². The minimum absolute atomic E-state index is 0.0528. The predicted molar refractivity (Wildman–Crippen MR) is 109 cm³/mol. The molecule has 148 valence electrons. The van der Waals surface area contributed by atoms with Gasteiger partial charge in [-0.1, -0.05) is 13.8 Å². The molecule has 0 saturated carbocycles. The number of H-pyrrole nitrogens is 1. The number of likely N-dealkylation sites (tertiary alicyclic amines) is 2. The molecule has 4 rings (SSSR count). The number of carbonyl (C=O) groups excluding carboxylic acids is 1. The number of pyridine rings is 1. The topological polar surface area (TPSA) is 88.1 Å². The standard InChI is InChI=1S/C21H28N6O/c1-13-5-7-26(21(28)27-10-15(3)16(8-22)11-27)12-18(13)25-19-14(2)9-24-20-17(19)4-6-23-20/h4,6,9,13,15-16,18H,5,7,10-12H2,1-3H3,(H2,23,24,25)/t13-,15?,16?,18+/m1/s1. The molecule has 2 aliphatic heterocycles. The van der Waals surface area contributed by atoms with Crippen LogP contribution in [0.5, 0.6) is 0 Å². The summed E-state index contributed by atoms with van der Waals surface area (Å²) >= 11 is 0. The summed E-state index contributed by atoms with van der Waals surface area (Å²) in [7, 11) is 0. The second-order valence-corrected chi connectivity index (χ2v) is 8.42. The molecule has 28 heavy (non-hydrogen) atoms. The van der Waals surface area contributed by atoms with E-state index in [0.29, 0.717) is 25.6 Å². The van der Waals surface area contributed by atoms with E-state index in [1.165, 1.54) is 0 Å². The lowest BCUT2D eigenvalue weighted by Crippen LogP contribution is -2.52. The molecule has 4 atom stereocenters. The molecular formula is C21H28N6O. The van der Waals surface area contributed by atoms with Gasteiger partial charge < -0.3 is 20.1 Å². The number of hydrogen-bond donors (Lipinski definition) is 2. The van der Waals surface area contributed by atoms with Gasteiger partial charge in [0, 0.05) is 55.7 Å². The number of aromatic amines is 1. The third kappa shape index (κ3) is 3.28. The molecule has 7 nitrogen and oxygen atoms in total. The summed E-state index contributed by atoms with van der Waals surface area (Å²) in [5.41, 5.74) is 3.07. The van der Waals surface area contributed by atoms with Crippen LogP contribution in [0, 0.1) is 36.0 Å². The molecule has 2 aromatic heterocycles. The van der Waals surface area contributed by atoms with Crippen LogP contribution in [0.15, 0.2) is 18.5 Å². The van der Waals surface area contributed by atoms with Gasteiger partial charge >= 0.3 is 6.03 Å². The fourth-order valence-corrected chi connectivity index (χ4v) is 4.41. The van der Waals surface area contributed by atoms with E-state index in [2.05, 4.69) is 42.1 Å². The minimum atomic E-state index is -0.0528. The van der Waals surface area contributed by atoms with Gasteiger partial charge in [0.15, 0.2) is 0 Å². The molecule has 0 radical (unpaired) electrons. The van der Waals surface area contributed by atoms with E-state index in [9.17, 15) is 10.1 Å². The molecule has 2 aliphatic rings. The molecule has 2 amide bonds. The van der Waals surface area contributed by atoms with Crippen LogP contribution < -0.4 is 5.32 Å². The summed E-state index contributed by atoms with van der Waals surface area (Å²) in [6.45, 7) is 9.03. The lowest BCUT2D eigenvalue weighted by atomic mass is 9.93. The summed E-state index contributed by atoms with van der Waals surface area (Å²) < 4.78 is 0. The Morgan fingerprint density at radius 2 is 2.11 bits per heavy atom. The van der Waals surface area contributed by atoms with Crippen molar-refractivity contribution < 1.29 is 4.79 Å². The van der Waals surface area contributed by atoms with Gasteiger partial charge in [-0.15, -0.1) is 0 Å². The van der Waals surface area contributed by atoms with E-state index >= 15 is 0 Å². The first-order valence-electron chi connectivity index (χ1n) is 10.1. The summed E-state index contributed by atoms with van der Waals surface area (Å²) in [6.07, 6.45) is 4.75. The molecule has 2 saturated heterocycles. The Morgan fingerprint density at radius 1 is 1.29 bits per heavy atom. The van der Waals surface area contributed by atoms with Crippen molar-refractivity contribution in [1.29, 1.82) is 5.26 Å². The highest BCUT2D eigenvalue weighted by atomic mass is 16.2. The third-order valence-electron chi connectivity index (χ3n) is 6.38. The van der Waals surface area contributed by atoms with Crippen LogP contribution in [-0.2, 0) is 0 Å². The summed E-state index contributed by atoms with van der Waals surface area (Å²) in [5.74, 6) is 0.658. The number of anilines is 1. The van der Waals surface area contributed by atoms with Crippen LogP contribution >= 0.6 is 0 Å². The Labute approximate surface area is 165 Å². The zero-order valence-electron chi connectivity index (χ0n) is 16.8. The molecule has 4 heterocycles. The van der Waals surface area contributed by atoms with E-state index in [1.807, 2.05) is 28.3 Å². The lowest BCUT2D eigenvalue weighted by Gasteiger charge is -2.39. The SMILES string of the molecule is Cc1cnc2[nH]ccc2c1N[C@H]1CN(C(=O)N2CC(C)C(C#N)C2)CC[C@H]1C. The van der Waals surface area contributed by atoms with E-state index < -0.39 is 0 Å². The molecule has 2 fully saturated rings. The first-order valence-corrected chi connectivity index (χ1v) is 10.1. The number of carbonyl (C=O) groups is 1. The Kier molecular flexibility index (Phi) is 4.88. The Balaban J connectivity index is 1.49. The molecule has 2 N–H and O–H groups in total. The van der Waals surface area contributed by atoms with Crippen molar-refractivity contribution in [2.75, 3.05) is 31.5 Å². The number of nitriles is 1. The van der Waals surface area contributed by atoms with Crippen molar-refractivity contribution >= 4 is 22.8 Å². The smallest absolute Gasteiger partial charge is 0.320 e. The number of fused-ring (bicyclic) bond motifs is 1. The van der Waals surface area contributed by atoms with Crippen molar-refractivity contribution in [3.8, 4) is 6.07 Å². The maximum absolute atomic E-state index is 13.0. The van der Waals surface area contributed by atoms with E-state index in [0.717, 1.165) is 35.2 Å². The zero-order chi connectivity index (χ0) is 19.8. The molecule has 2 aromatic rings. The predicted octanol–water partition coefficient (Wildman–Crippen LogP) is 3.21. The number of nitrogens with zero attached hydrogens (tertiary/aromatic N) is 4. The monoisotopic (exact) mass is 380 g/mol. The minimum Gasteiger partial charge on any atom is -0.379 e. The Hall–Kier alpha value is -2.75. The number of aryl methyl sites for hydroxylation is 1.